The van der Waals surface area contributed by atoms with E-state index in [0.717, 1.165) is 13.0 Å². The van der Waals surface area contributed by atoms with Crippen LogP contribution in [0.15, 0.2) is 0 Å². The van der Waals surface area contributed by atoms with Gasteiger partial charge in [0.25, 0.3) is 5.91 Å². The van der Waals surface area contributed by atoms with E-state index < -0.39 is 0 Å². The highest BCUT2D eigenvalue weighted by Crippen LogP contribution is 2.17. The van der Waals surface area contributed by atoms with Crippen LogP contribution >= 0.6 is 11.3 Å². The Kier molecular flexibility index (Phi) is 3.90. The maximum atomic E-state index is 11.9. The number of anilines is 1. The average Bonchev–Trinajstić information content (AvgIpc) is 2.90. The Balaban J connectivity index is 1.94. The second-order valence-corrected chi connectivity index (χ2v) is 4.86. The highest BCUT2D eigenvalue weighted by molar-refractivity contribution is 7.17. The Morgan fingerprint density at radius 3 is 3.06 bits per heavy atom. The summed E-state index contributed by atoms with van der Waals surface area (Å²) in [5, 5.41) is 14.7. The smallest absolute Gasteiger partial charge is 0.282 e. The first-order chi connectivity index (χ1) is 8.20. The van der Waals surface area contributed by atoms with Gasteiger partial charge in [-0.3, -0.25) is 4.79 Å². The van der Waals surface area contributed by atoms with Crippen LogP contribution in [0.25, 0.3) is 0 Å². The predicted molar refractivity (Wildman–Crippen MR) is 65.4 cm³/mol. The quantitative estimate of drug-likeness (QED) is 0.836. The molecular weight excluding hydrogens is 240 g/mol. The van der Waals surface area contributed by atoms with Crippen molar-refractivity contribution >= 4 is 22.4 Å². The van der Waals surface area contributed by atoms with Gasteiger partial charge in [-0.1, -0.05) is 11.3 Å². The summed E-state index contributed by atoms with van der Waals surface area (Å²) in [6.45, 7) is 5.40. The molecule has 1 fully saturated rings. The van der Waals surface area contributed by atoms with E-state index in [1.807, 2.05) is 13.8 Å². The van der Waals surface area contributed by atoms with Gasteiger partial charge in [0.05, 0.1) is 12.1 Å². The van der Waals surface area contributed by atoms with Crippen LogP contribution in [0.2, 0.25) is 0 Å². The third-order valence-corrected chi connectivity index (χ3v) is 3.52. The third-order valence-electron chi connectivity index (χ3n) is 2.64. The molecule has 1 amide bonds. The van der Waals surface area contributed by atoms with Gasteiger partial charge < -0.3 is 15.4 Å². The summed E-state index contributed by atoms with van der Waals surface area (Å²) in [4.78, 5) is 11.9. The largest absolute Gasteiger partial charge is 0.376 e. The lowest BCUT2D eigenvalue weighted by molar-refractivity contribution is 0.0865. The van der Waals surface area contributed by atoms with Crippen LogP contribution in [-0.2, 0) is 4.74 Å². The van der Waals surface area contributed by atoms with Gasteiger partial charge in [-0.15, -0.1) is 10.2 Å². The van der Waals surface area contributed by atoms with Crippen molar-refractivity contribution in [2.75, 3.05) is 18.5 Å². The lowest BCUT2D eigenvalue weighted by atomic mass is 10.1. The number of aromatic nitrogens is 2. The summed E-state index contributed by atoms with van der Waals surface area (Å²) >= 11 is 1.26. The third kappa shape index (κ3) is 2.92. The molecule has 17 heavy (non-hydrogen) atoms. The second kappa shape index (κ2) is 5.42. The molecule has 2 rings (SSSR count). The minimum Gasteiger partial charge on any atom is -0.376 e. The minimum atomic E-state index is -0.172. The number of carbonyl (C=O) groups is 1. The van der Waals surface area contributed by atoms with Gasteiger partial charge in [-0.25, -0.2) is 0 Å². The maximum Gasteiger partial charge on any atom is 0.282 e. The van der Waals surface area contributed by atoms with E-state index in [4.69, 9.17) is 4.74 Å². The molecule has 7 heteroatoms. The van der Waals surface area contributed by atoms with Crippen molar-refractivity contribution in [2.24, 2.45) is 0 Å². The van der Waals surface area contributed by atoms with Gasteiger partial charge in [-0.2, -0.15) is 0 Å². The molecule has 1 aromatic heterocycles. The molecule has 0 saturated carbocycles. The highest BCUT2D eigenvalue weighted by atomic mass is 32.1. The monoisotopic (exact) mass is 256 g/mol. The molecule has 6 nitrogen and oxygen atoms in total. The summed E-state index contributed by atoms with van der Waals surface area (Å²) < 4.78 is 5.39. The van der Waals surface area contributed by atoms with Gasteiger partial charge in [-0.05, 0) is 20.3 Å². The summed E-state index contributed by atoms with van der Waals surface area (Å²) in [6, 6.07) is 0.0778. The zero-order valence-corrected chi connectivity index (χ0v) is 10.7. The number of ether oxygens (including phenoxy) is 1. The molecule has 94 valence electrons. The Hall–Kier alpha value is -1.21. The summed E-state index contributed by atoms with van der Waals surface area (Å²) in [5.41, 5.74) is 0. The number of carbonyl (C=O) groups excluding carboxylic acids is 1. The van der Waals surface area contributed by atoms with Crippen molar-refractivity contribution in [3.8, 4) is 0 Å². The van der Waals surface area contributed by atoms with Crippen molar-refractivity contribution < 1.29 is 9.53 Å². The normalized spacial score (nSPS) is 23.6. The van der Waals surface area contributed by atoms with E-state index in [0.29, 0.717) is 16.7 Å². The first-order valence-corrected chi connectivity index (χ1v) is 6.52. The van der Waals surface area contributed by atoms with Gasteiger partial charge in [0.2, 0.25) is 10.1 Å². The molecule has 0 radical (unpaired) electrons. The number of amides is 1. The molecule has 2 N–H and O–H groups in total. The molecule has 1 aliphatic rings. The molecule has 2 heterocycles. The summed E-state index contributed by atoms with van der Waals surface area (Å²) in [7, 11) is 0. The van der Waals surface area contributed by atoms with Crippen LogP contribution < -0.4 is 10.6 Å². The highest BCUT2D eigenvalue weighted by Gasteiger charge is 2.27. The second-order valence-electron chi connectivity index (χ2n) is 3.89. The lowest BCUT2D eigenvalue weighted by Gasteiger charge is -2.14. The number of nitrogens with one attached hydrogen (secondary N) is 2. The van der Waals surface area contributed by atoms with Crippen LogP contribution in [-0.4, -0.2) is 41.4 Å². The Morgan fingerprint density at radius 2 is 2.41 bits per heavy atom. The molecule has 2 unspecified atom stereocenters. The Labute approximate surface area is 104 Å². The Bertz CT molecular complexity index is 395. The van der Waals surface area contributed by atoms with Crippen LogP contribution in [0, 0.1) is 0 Å². The fourth-order valence-electron chi connectivity index (χ4n) is 1.69. The Morgan fingerprint density at radius 1 is 1.59 bits per heavy atom. The molecular formula is C10H16N4O2S. The van der Waals surface area contributed by atoms with Gasteiger partial charge >= 0.3 is 0 Å². The molecule has 1 aromatic rings. The number of rotatable bonds is 4. The van der Waals surface area contributed by atoms with Gasteiger partial charge in [0, 0.05) is 13.2 Å². The minimum absolute atomic E-state index is 0.0695. The molecule has 1 aliphatic heterocycles. The van der Waals surface area contributed by atoms with Crippen LogP contribution in [0.1, 0.15) is 30.1 Å². The van der Waals surface area contributed by atoms with Crippen LogP contribution in [0.5, 0.6) is 0 Å². The average molecular weight is 256 g/mol. The van der Waals surface area contributed by atoms with Crippen molar-refractivity contribution in [1.29, 1.82) is 0 Å². The SMILES string of the molecule is CCNc1nnc(C(=O)NC2CCOC2C)s1. The van der Waals surface area contributed by atoms with Gasteiger partial charge in [0.15, 0.2) is 0 Å². The molecule has 0 aliphatic carbocycles. The fourth-order valence-corrected chi connectivity index (χ4v) is 2.40. The number of hydrogen-bond acceptors (Lipinski definition) is 6. The molecule has 0 aromatic carbocycles. The number of hydrogen-bond donors (Lipinski definition) is 2. The maximum absolute atomic E-state index is 11.9. The first kappa shape index (κ1) is 12.3. The first-order valence-electron chi connectivity index (χ1n) is 5.70. The van der Waals surface area contributed by atoms with E-state index in [-0.39, 0.29) is 18.1 Å². The molecule has 2 atom stereocenters. The van der Waals surface area contributed by atoms with E-state index in [1.54, 1.807) is 0 Å². The van der Waals surface area contributed by atoms with Crippen molar-refractivity contribution in [3.05, 3.63) is 5.01 Å². The van der Waals surface area contributed by atoms with E-state index >= 15 is 0 Å². The number of nitrogens with zero attached hydrogens (tertiary/aromatic N) is 2. The summed E-state index contributed by atoms with van der Waals surface area (Å²) in [6.07, 6.45) is 0.922. The lowest BCUT2D eigenvalue weighted by Crippen LogP contribution is -2.39. The molecule has 1 saturated heterocycles. The van der Waals surface area contributed by atoms with Gasteiger partial charge in [0.1, 0.15) is 0 Å². The van der Waals surface area contributed by atoms with E-state index in [9.17, 15) is 4.79 Å². The summed E-state index contributed by atoms with van der Waals surface area (Å²) in [5.74, 6) is -0.172. The topological polar surface area (TPSA) is 76.1 Å². The van der Waals surface area contributed by atoms with Crippen LogP contribution in [0.3, 0.4) is 0 Å². The zero-order chi connectivity index (χ0) is 12.3. The van der Waals surface area contributed by atoms with Crippen molar-refractivity contribution in [2.45, 2.75) is 32.4 Å². The fraction of sp³-hybridized carbons (Fsp3) is 0.700. The standard InChI is InChI=1S/C10H16N4O2S/c1-3-11-10-14-13-9(17-10)8(15)12-7-4-5-16-6(7)2/h6-7H,3-5H2,1-2H3,(H,11,14)(H,12,15). The van der Waals surface area contributed by atoms with Crippen molar-refractivity contribution in [3.63, 3.8) is 0 Å². The zero-order valence-electron chi connectivity index (χ0n) is 9.90. The van der Waals surface area contributed by atoms with E-state index in [2.05, 4.69) is 20.8 Å². The predicted octanol–water partition coefficient (Wildman–Crippen LogP) is 0.877. The molecule has 0 bridgehead atoms. The van der Waals surface area contributed by atoms with Crippen molar-refractivity contribution in [1.82, 2.24) is 15.5 Å². The van der Waals surface area contributed by atoms with E-state index in [1.165, 1.54) is 11.3 Å². The molecule has 0 spiro atoms. The van der Waals surface area contributed by atoms with Crippen LogP contribution in [0.4, 0.5) is 5.13 Å².